The molecule has 1 atom stereocenters. The zero-order valence-electron chi connectivity index (χ0n) is 17.2. The second-order valence-corrected chi connectivity index (χ2v) is 7.73. The Labute approximate surface area is 178 Å². The molecular weight excluding hydrogens is 372 g/mol. The molecule has 0 aliphatic carbocycles. The molecule has 4 rings (SSSR count). The lowest BCUT2D eigenvalue weighted by atomic mass is 10.0. The molecule has 0 aromatic heterocycles. The van der Waals surface area contributed by atoms with Gasteiger partial charge in [-0.2, -0.15) is 0 Å². The van der Waals surface area contributed by atoms with Gasteiger partial charge in [-0.25, -0.2) is 0 Å². The van der Waals surface area contributed by atoms with Gasteiger partial charge in [-0.15, -0.1) is 0 Å². The summed E-state index contributed by atoms with van der Waals surface area (Å²) in [5.74, 6) is 0.789. The fourth-order valence-electron chi connectivity index (χ4n) is 3.96. The van der Waals surface area contributed by atoms with Crippen LogP contribution in [-0.2, 0) is 17.6 Å². The summed E-state index contributed by atoms with van der Waals surface area (Å²) in [5.41, 5.74) is 3.68. The highest BCUT2D eigenvalue weighted by Gasteiger charge is 2.26. The Morgan fingerprint density at radius 2 is 1.60 bits per heavy atom. The van der Waals surface area contributed by atoms with E-state index in [0.717, 1.165) is 31.7 Å². The van der Waals surface area contributed by atoms with Gasteiger partial charge >= 0.3 is 0 Å². The number of ether oxygens (including phenoxy) is 1. The van der Waals surface area contributed by atoms with Crippen molar-refractivity contribution in [3.8, 4) is 5.75 Å². The van der Waals surface area contributed by atoms with Gasteiger partial charge in [-0.3, -0.25) is 4.79 Å². The van der Waals surface area contributed by atoms with Crippen molar-refractivity contribution in [1.82, 2.24) is 10.2 Å². The number of piperazine rings is 1. The summed E-state index contributed by atoms with van der Waals surface area (Å²) in [6.45, 7) is 2.42. The average molecular weight is 401 g/mol. The van der Waals surface area contributed by atoms with Crippen molar-refractivity contribution in [2.75, 3.05) is 26.2 Å². The Bertz CT molecular complexity index is 944. The molecule has 1 N–H and O–H groups in total. The van der Waals surface area contributed by atoms with Gasteiger partial charge in [-0.05, 0) is 41.7 Å². The maximum atomic E-state index is 12.9. The summed E-state index contributed by atoms with van der Waals surface area (Å²) in [6, 6.07) is 28.9. The molecule has 4 heteroatoms. The van der Waals surface area contributed by atoms with Crippen LogP contribution in [0.4, 0.5) is 0 Å². The Hall–Kier alpha value is -3.11. The van der Waals surface area contributed by atoms with Gasteiger partial charge < -0.3 is 15.0 Å². The van der Waals surface area contributed by atoms with Crippen LogP contribution >= 0.6 is 0 Å². The molecule has 30 heavy (non-hydrogen) atoms. The Balaban J connectivity index is 1.35. The minimum Gasteiger partial charge on any atom is -0.484 e. The Morgan fingerprint density at radius 1 is 0.900 bits per heavy atom. The lowest BCUT2D eigenvalue weighted by Crippen LogP contribution is -2.55. The van der Waals surface area contributed by atoms with Gasteiger partial charge in [-0.1, -0.05) is 72.8 Å². The standard InChI is InChI=1S/C26H28N2O2/c29-26(28-15-14-27-19-24(28)17-22-10-5-2-6-11-22)20-30-25-13-7-12-23(18-25)16-21-8-3-1-4-9-21/h1-13,18,24,27H,14-17,19-20H2. The second-order valence-electron chi connectivity index (χ2n) is 7.73. The van der Waals surface area contributed by atoms with Crippen molar-refractivity contribution < 1.29 is 9.53 Å². The van der Waals surface area contributed by atoms with E-state index in [4.69, 9.17) is 4.74 Å². The molecule has 0 saturated carbocycles. The third-order valence-corrected chi connectivity index (χ3v) is 5.50. The average Bonchev–Trinajstić information content (AvgIpc) is 2.79. The number of benzene rings is 3. The zero-order chi connectivity index (χ0) is 20.6. The number of rotatable bonds is 7. The smallest absolute Gasteiger partial charge is 0.260 e. The van der Waals surface area contributed by atoms with Gasteiger partial charge in [0.15, 0.2) is 6.61 Å². The van der Waals surface area contributed by atoms with Crippen LogP contribution in [-0.4, -0.2) is 43.1 Å². The molecule has 1 unspecified atom stereocenters. The Kier molecular flexibility index (Phi) is 6.78. The largest absolute Gasteiger partial charge is 0.484 e. The molecule has 3 aromatic rings. The monoisotopic (exact) mass is 400 g/mol. The number of nitrogens with zero attached hydrogens (tertiary/aromatic N) is 1. The number of carbonyl (C=O) groups excluding carboxylic acids is 1. The molecule has 0 radical (unpaired) electrons. The van der Waals surface area contributed by atoms with E-state index in [9.17, 15) is 4.79 Å². The van der Waals surface area contributed by atoms with E-state index < -0.39 is 0 Å². The highest BCUT2D eigenvalue weighted by atomic mass is 16.5. The van der Waals surface area contributed by atoms with Crippen LogP contribution in [0.2, 0.25) is 0 Å². The Morgan fingerprint density at radius 3 is 2.37 bits per heavy atom. The summed E-state index contributed by atoms with van der Waals surface area (Å²) >= 11 is 0. The number of nitrogens with one attached hydrogen (secondary N) is 1. The quantitative estimate of drug-likeness (QED) is 0.658. The van der Waals surface area contributed by atoms with E-state index in [1.807, 2.05) is 59.5 Å². The first-order chi connectivity index (χ1) is 14.8. The van der Waals surface area contributed by atoms with E-state index in [1.165, 1.54) is 16.7 Å². The maximum Gasteiger partial charge on any atom is 0.260 e. The van der Waals surface area contributed by atoms with Crippen LogP contribution < -0.4 is 10.1 Å². The van der Waals surface area contributed by atoms with E-state index in [1.54, 1.807) is 0 Å². The highest BCUT2D eigenvalue weighted by Crippen LogP contribution is 2.17. The number of hydrogen-bond donors (Lipinski definition) is 1. The lowest BCUT2D eigenvalue weighted by molar-refractivity contribution is -0.136. The third-order valence-electron chi connectivity index (χ3n) is 5.50. The van der Waals surface area contributed by atoms with Crippen molar-refractivity contribution in [1.29, 1.82) is 0 Å². The van der Waals surface area contributed by atoms with Crippen LogP contribution in [0.1, 0.15) is 16.7 Å². The first-order valence-electron chi connectivity index (χ1n) is 10.6. The van der Waals surface area contributed by atoms with Crippen molar-refractivity contribution in [2.24, 2.45) is 0 Å². The SMILES string of the molecule is O=C(COc1cccc(Cc2ccccc2)c1)N1CCNCC1Cc1ccccc1. The van der Waals surface area contributed by atoms with E-state index >= 15 is 0 Å². The summed E-state index contributed by atoms with van der Waals surface area (Å²) < 4.78 is 5.89. The van der Waals surface area contributed by atoms with Crippen molar-refractivity contribution in [3.05, 3.63) is 102 Å². The summed E-state index contributed by atoms with van der Waals surface area (Å²) in [5, 5.41) is 3.41. The normalized spacial score (nSPS) is 16.3. The summed E-state index contributed by atoms with van der Waals surface area (Å²) in [6.07, 6.45) is 1.70. The predicted octanol–water partition coefficient (Wildman–Crippen LogP) is 3.70. The van der Waals surface area contributed by atoms with Crippen LogP contribution in [0, 0.1) is 0 Å². The minimum absolute atomic E-state index is 0.0471. The van der Waals surface area contributed by atoms with Gasteiger partial charge in [0.1, 0.15) is 5.75 Å². The van der Waals surface area contributed by atoms with Crippen molar-refractivity contribution in [3.63, 3.8) is 0 Å². The first-order valence-corrected chi connectivity index (χ1v) is 10.6. The molecule has 0 bridgehead atoms. The predicted molar refractivity (Wildman–Crippen MR) is 120 cm³/mol. The molecule has 1 fully saturated rings. The van der Waals surface area contributed by atoms with Gasteiger partial charge in [0.05, 0.1) is 0 Å². The molecule has 1 amide bonds. The van der Waals surface area contributed by atoms with Crippen LogP contribution in [0.3, 0.4) is 0 Å². The molecule has 1 aliphatic heterocycles. The van der Waals surface area contributed by atoms with E-state index in [-0.39, 0.29) is 18.6 Å². The van der Waals surface area contributed by atoms with Crippen molar-refractivity contribution in [2.45, 2.75) is 18.9 Å². The molecule has 0 spiro atoms. The first kappa shape index (κ1) is 20.2. The van der Waals surface area contributed by atoms with Crippen molar-refractivity contribution >= 4 is 5.91 Å². The third kappa shape index (κ3) is 5.49. The zero-order valence-corrected chi connectivity index (χ0v) is 17.2. The van der Waals surface area contributed by atoms with Crippen LogP contribution in [0.25, 0.3) is 0 Å². The molecule has 1 saturated heterocycles. The molecule has 4 nitrogen and oxygen atoms in total. The molecule has 3 aromatic carbocycles. The summed E-state index contributed by atoms with van der Waals surface area (Å²) in [7, 11) is 0. The maximum absolute atomic E-state index is 12.9. The van der Waals surface area contributed by atoms with Gasteiger partial charge in [0.25, 0.3) is 5.91 Å². The number of hydrogen-bond acceptors (Lipinski definition) is 3. The van der Waals surface area contributed by atoms with Gasteiger partial charge in [0.2, 0.25) is 0 Å². The van der Waals surface area contributed by atoms with E-state index in [2.05, 4.69) is 35.6 Å². The second kappa shape index (κ2) is 10.1. The van der Waals surface area contributed by atoms with Crippen LogP contribution in [0.15, 0.2) is 84.9 Å². The topological polar surface area (TPSA) is 41.6 Å². The van der Waals surface area contributed by atoms with Crippen LogP contribution in [0.5, 0.6) is 5.75 Å². The fraction of sp³-hybridized carbons (Fsp3) is 0.269. The highest BCUT2D eigenvalue weighted by molar-refractivity contribution is 5.78. The number of amides is 1. The van der Waals surface area contributed by atoms with E-state index in [0.29, 0.717) is 6.54 Å². The lowest BCUT2D eigenvalue weighted by Gasteiger charge is -2.36. The molecule has 1 aliphatic rings. The van der Waals surface area contributed by atoms with Gasteiger partial charge in [0, 0.05) is 25.7 Å². The minimum atomic E-state index is 0.0471. The fourth-order valence-corrected chi connectivity index (χ4v) is 3.96. The molecule has 154 valence electrons. The summed E-state index contributed by atoms with van der Waals surface area (Å²) in [4.78, 5) is 14.9. The molecule has 1 heterocycles. The molecular formula is C26H28N2O2. The number of carbonyl (C=O) groups is 1.